The summed E-state index contributed by atoms with van der Waals surface area (Å²) in [6.07, 6.45) is 1.92. The van der Waals surface area contributed by atoms with Gasteiger partial charge in [-0.1, -0.05) is 30.3 Å². The average molecular weight is 296 g/mol. The third-order valence-corrected chi connectivity index (χ3v) is 3.95. The van der Waals surface area contributed by atoms with Crippen LogP contribution in [0.3, 0.4) is 0 Å². The molecule has 1 atom stereocenters. The molecule has 0 saturated heterocycles. The molecule has 4 heteroatoms. The molecule has 0 fully saturated rings. The molecular weight excluding hydrogens is 276 g/mol. The van der Waals surface area contributed by atoms with E-state index in [0.717, 1.165) is 35.6 Å². The Morgan fingerprint density at radius 1 is 1.05 bits per heavy atom. The highest BCUT2D eigenvalue weighted by atomic mass is 16.5. The summed E-state index contributed by atoms with van der Waals surface area (Å²) in [5.74, 6) is 1.63. The van der Waals surface area contributed by atoms with Crippen LogP contribution < -0.4 is 14.9 Å². The van der Waals surface area contributed by atoms with E-state index in [2.05, 4.69) is 22.7 Å². The monoisotopic (exact) mass is 296 g/mol. The van der Waals surface area contributed by atoms with Crippen molar-refractivity contribution in [2.45, 2.75) is 18.9 Å². The van der Waals surface area contributed by atoms with Crippen LogP contribution in [0.4, 0.5) is 0 Å². The molecule has 2 aromatic rings. The van der Waals surface area contributed by atoms with E-state index >= 15 is 0 Å². The number of hydrogen-bond acceptors (Lipinski definition) is 4. The Balaban J connectivity index is 1.80. The second kappa shape index (κ2) is 6.52. The van der Waals surface area contributed by atoms with Gasteiger partial charge in [-0.15, -0.1) is 0 Å². The number of nitrogens with one attached hydrogen (secondary N) is 1. The molecular formula is C18H20N2O2. The van der Waals surface area contributed by atoms with Crippen LogP contribution in [0.2, 0.25) is 0 Å². The minimum absolute atomic E-state index is 0.160. The van der Waals surface area contributed by atoms with Crippen LogP contribution in [0.15, 0.2) is 53.6 Å². The number of methoxy groups -OCH3 is 2. The molecule has 0 saturated carbocycles. The summed E-state index contributed by atoms with van der Waals surface area (Å²) in [5, 5.41) is 4.56. The summed E-state index contributed by atoms with van der Waals surface area (Å²) in [7, 11) is 3.34. The van der Waals surface area contributed by atoms with Gasteiger partial charge in [0.2, 0.25) is 0 Å². The lowest BCUT2D eigenvalue weighted by molar-refractivity contribution is 0.381. The van der Waals surface area contributed by atoms with Crippen molar-refractivity contribution in [2.75, 3.05) is 14.2 Å². The van der Waals surface area contributed by atoms with E-state index in [-0.39, 0.29) is 6.04 Å². The molecule has 0 amide bonds. The Labute approximate surface area is 130 Å². The molecule has 0 radical (unpaired) electrons. The zero-order valence-electron chi connectivity index (χ0n) is 12.9. The van der Waals surface area contributed by atoms with E-state index < -0.39 is 0 Å². The van der Waals surface area contributed by atoms with E-state index in [9.17, 15) is 0 Å². The number of rotatable bonds is 4. The third kappa shape index (κ3) is 2.91. The van der Waals surface area contributed by atoms with Crippen molar-refractivity contribution in [3.8, 4) is 11.5 Å². The van der Waals surface area contributed by atoms with Crippen molar-refractivity contribution < 1.29 is 9.47 Å². The van der Waals surface area contributed by atoms with Crippen LogP contribution in [0.1, 0.15) is 30.0 Å². The Kier molecular flexibility index (Phi) is 4.28. The van der Waals surface area contributed by atoms with Crippen molar-refractivity contribution >= 4 is 5.71 Å². The molecule has 1 aliphatic rings. The lowest BCUT2D eigenvalue weighted by atomic mass is 9.96. The predicted molar refractivity (Wildman–Crippen MR) is 87.6 cm³/mol. The van der Waals surface area contributed by atoms with E-state index in [4.69, 9.17) is 9.47 Å². The van der Waals surface area contributed by atoms with Crippen LogP contribution in [-0.2, 0) is 0 Å². The quantitative estimate of drug-likeness (QED) is 0.938. The van der Waals surface area contributed by atoms with Gasteiger partial charge in [0.15, 0.2) is 0 Å². The van der Waals surface area contributed by atoms with E-state index in [1.54, 1.807) is 14.2 Å². The van der Waals surface area contributed by atoms with Crippen LogP contribution in [0.25, 0.3) is 0 Å². The zero-order chi connectivity index (χ0) is 15.4. The number of hydrogen-bond donors (Lipinski definition) is 1. The van der Waals surface area contributed by atoms with E-state index in [1.165, 1.54) is 5.56 Å². The number of benzene rings is 2. The molecule has 22 heavy (non-hydrogen) atoms. The van der Waals surface area contributed by atoms with Crippen molar-refractivity contribution in [3.63, 3.8) is 0 Å². The smallest absolute Gasteiger partial charge is 0.127 e. The number of ether oxygens (including phenoxy) is 2. The molecule has 2 aromatic carbocycles. The van der Waals surface area contributed by atoms with E-state index in [1.807, 2.05) is 36.4 Å². The lowest BCUT2D eigenvalue weighted by Gasteiger charge is -2.25. The summed E-state index contributed by atoms with van der Waals surface area (Å²) in [5.41, 5.74) is 6.65. The Bertz CT molecular complexity index is 668. The van der Waals surface area contributed by atoms with Gasteiger partial charge < -0.3 is 14.9 Å². The Morgan fingerprint density at radius 2 is 1.86 bits per heavy atom. The average Bonchev–Trinajstić information content (AvgIpc) is 2.62. The van der Waals surface area contributed by atoms with Gasteiger partial charge in [-0.05, 0) is 30.5 Å². The second-order valence-electron chi connectivity index (χ2n) is 5.25. The second-order valence-corrected chi connectivity index (χ2v) is 5.25. The summed E-state index contributed by atoms with van der Waals surface area (Å²) in [6.45, 7) is 0. The molecule has 1 heterocycles. The first-order valence-electron chi connectivity index (χ1n) is 7.41. The lowest BCUT2D eigenvalue weighted by Crippen LogP contribution is -2.25. The molecule has 114 valence electrons. The molecule has 4 nitrogen and oxygen atoms in total. The molecule has 0 aromatic heterocycles. The van der Waals surface area contributed by atoms with Gasteiger partial charge in [0, 0.05) is 11.6 Å². The van der Waals surface area contributed by atoms with Crippen molar-refractivity contribution in [1.82, 2.24) is 5.43 Å². The highest BCUT2D eigenvalue weighted by Gasteiger charge is 2.21. The van der Waals surface area contributed by atoms with Crippen molar-refractivity contribution in [3.05, 3.63) is 59.7 Å². The maximum atomic E-state index is 5.48. The maximum Gasteiger partial charge on any atom is 0.127 e. The fourth-order valence-corrected chi connectivity index (χ4v) is 2.73. The minimum Gasteiger partial charge on any atom is -0.497 e. The molecule has 0 spiro atoms. The van der Waals surface area contributed by atoms with E-state index in [0.29, 0.717) is 0 Å². The van der Waals surface area contributed by atoms with Crippen LogP contribution in [0, 0.1) is 0 Å². The minimum atomic E-state index is 0.160. The zero-order valence-corrected chi connectivity index (χ0v) is 12.9. The summed E-state index contributed by atoms with van der Waals surface area (Å²) in [4.78, 5) is 0. The molecule has 3 rings (SSSR count). The topological polar surface area (TPSA) is 42.8 Å². The summed E-state index contributed by atoms with van der Waals surface area (Å²) < 4.78 is 10.7. The van der Waals surface area contributed by atoms with Crippen LogP contribution in [-0.4, -0.2) is 19.9 Å². The maximum absolute atomic E-state index is 5.48. The van der Waals surface area contributed by atoms with Gasteiger partial charge in [0.05, 0.1) is 26.0 Å². The molecule has 0 bridgehead atoms. The van der Waals surface area contributed by atoms with Crippen molar-refractivity contribution in [2.24, 2.45) is 5.10 Å². The Morgan fingerprint density at radius 3 is 2.50 bits per heavy atom. The first-order valence-corrected chi connectivity index (χ1v) is 7.41. The molecule has 1 unspecified atom stereocenters. The van der Waals surface area contributed by atoms with Gasteiger partial charge >= 0.3 is 0 Å². The standard InChI is InChI=1S/C18H20N2O2/c1-21-14-8-9-15(18(12-14)22-2)17-11-10-16(19-20-17)13-6-4-3-5-7-13/h3-9,12,17,20H,10-11H2,1-2H3. The fourth-order valence-electron chi connectivity index (χ4n) is 2.73. The predicted octanol–water partition coefficient (Wildman–Crippen LogP) is 3.53. The fraction of sp³-hybridized carbons (Fsp3) is 0.278. The highest BCUT2D eigenvalue weighted by Crippen LogP contribution is 2.33. The first-order chi connectivity index (χ1) is 10.8. The third-order valence-electron chi connectivity index (χ3n) is 3.95. The number of nitrogens with zero attached hydrogens (tertiary/aromatic N) is 1. The van der Waals surface area contributed by atoms with Gasteiger partial charge in [-0.25, -0.2) is 0 Å². The van der Waals surface area contributed by atoms with Gasteiger partial charge in [0.25, 0.3) is 0 Å². The van der Waals surface area contributed by atoms with Crippen molar-refractivity contribution in [1.29, 1.82) is 0 Å². The largest absolute Gasteiger partial charge is 0.497 e. The van der Waals surface area contributed by atoms with Gasteiger partial charge in [-0.2, -0.15) is 5.10 Å². The summed E-state index contributed by atoms with van der Waals surface area (Å²) >= 11 is 0. The molecule has 1 N–H and O–H groups in total. The highest BCUT2D eigenvalue weighted by molar-refractivity contribution is 6.00. The Hall–Kier alpha value is -2.49. The van der Waals surface area contributed by atoms with Crippen LogP contribution in [0.5, 0.6) is 11.5 Å². The first kappa shape index (κ1) is 14.4. The van der Waals surface area contributed by atoms with Gasteiger partial charge in [0.1, 0.15) is 11.5 Å². The van der Waals surface area contributed by atoms with Crippen LogP contribution >= 0.6 is 0 Å². The molecule has 1 aliphatic heterocycles. The number of hydrazone groups is 1. The summed E-state index contributed by atoms with van der Waals surface area (Å²) in [6, 6.07) is 16.3. The van der Waals surface area contributed by atoms with Gasteiger partial charge in [-0.3, -0.25) is 0 Å². The normalized spacial score (nSPS) is 17.4. The molecule has 0 aliphatic carbocycles. The SMILES string of the molecule is COc1ccc(C2CCC(c3ccccc3)=NN2)c(OC)c1.